The first-order valence-electron chi connectivity index (χ1n) is 10.4. The lowest BCUT2D eigenvalue weighted by atomic mass is 10.0. The fraction of sp³-hybridized carbons (Fsp3) is 0.417. The van der Waals surface area contributed by atoms with E-state index in [1.54, 1.807) is 12.1 Å². The number of aliphatic carboxylic acids is 1. The van der Waals surface area contributed by atoms with E-state index in [9.17, 15) is 9.59 Å². The first-order valence-corrected chi connectivity index (χ1v) is 10.4. The van der Waals surface area contributed by atoms with Crippen molar-refractivity contribution in [2.75, 3.05) is 26.4 Å². The monoisotopic (exact) mass is 414 g/mol. The van der Waals surface area contributed by atoms with Crippen LogP contribution in [0.5, 0.6) is 11.5 Å². The topological polar surface area (TPSA) is 82.1 Å². The average Bonchev–Trinajstić information content (AvgIpc) is 2.76. The van der Waals surface area contributed by atoms with Crippen molar-refractivity contribution in [2.45, 2.75) is 39.0 Å². The third-order valence-electron chi connectivity index (χ3n) is 4.51. The molecule has 6 heteroatoms. The summed E-state index contributed by atoms with van der Waals surface area (Å²) in [5.41, 5.74) is 2.35. The van der Waals surface area contributed by atoms with Crippen molar-refractivity contribution in [3.8, 4) is 22.6 Å². The van der Waals surface area contributed by atoms with Gasteiger partial charge in [0.15, 0.2) is 6.29 Å². The summed E-state index contributed by atoms with van der Waals surface area (Å²) in [5.74, 6) is 0.464. The highest BCUT2D eigenvalue weighted by Gasteiger charge is 2.07. The molecule has 2 aromatic rings. The Morgan fingerprint density at radius 2 is 1.67 bits per heavy atom. The van der Waals surface area contributed by atoms with Crippen LogP contribution in [0.3, 0.4) is 0 Å². The van der Waals surface area contributed by atoms with Gasteiger partial charge in [-0.3, -0.25) is 9.59 Å². The molecule has 0 heterocycles. The zero-order valence-electron chi connectivity index (χ0n) is 17.5. The largest absolute Gasteiger partial charge is 0.493 e. The minimum absolute atomic E-state index is 0.119. The fourth-order valence-corrected chi connectivity index (χ4v) is 2.82. The van der Waals surface area contributed by atoms with Gasteiger partial charge < -0.3 is 19.3 Å². The summed E-state index contributed by atoms with van der Waals surface area (Å²) in [5, 5.41) is 8.65. The predicted octanol–water partition coefficient (Wildman–Crippen LogP) is 5.00. The van der Waals surface area contributed by atoms with Crippen molar-refractivity contribution < 1.29 is 28.9 Å². The second kappa shape index (κ2) is 13.4. The summed E-state index contributed by atoms with van der Waals surface area (Å²) < 4.78 is 16.8. The van der Waals surface area contributed by atoms with Gasteiger partial charge >= 0.3 is 5.97 Å². The lowest BCUT2D eigenvalue weighted by Gasteiger charge is -2.11. The molecule has 0 aliphatic carbocycles. The lowest BCUT2D eigenvalue weighted by molar-refractivity contribution is -0.137. The van der Waals surface area contributed by atoms with Crippen LogP contribution < -0.4 is 9.47 Å². The number of carboxylic acids is 1. The standard InChI is InChI=1S/C24H30O6/c1-2-3-13-28-15-16-29-22-10-7-19(8-11-22)20-9-12-23(21(17-20)18-25)30-14-5-4-6-24(26)27/h7-12,17-18H,2-6,13-16H2,1H3,(H,26,27). The molecule has 30 heavy (non-hydrogen) atoms. The van der Waals surface area contributed by atoms with Crippen molar-refractivity contribution in [2.24, 2.45) is 0 Å². The summed E-state index contributed by atoms with van der Waals surface area (Å²) in [6, 6.07) is 13.2. The van der Waals surface area contributed by atoms with Crippen LogP contribution in [0.25, 0.3) is 11.1 Å². The Bertz CT molecular complexity index is 785. The lowest BCUT2D eigenvalue weighted by Crippen LogP contribution is -2.07. The molecular formula is C24H30O6. The molecule has 0 fully saturated rings. The van der Waals surface area contributed by atoms with Gasteiger partial charge in [0.25, 0.3) is 0 Å². The summed E-state index contributed by atoms with van der Waals surface area (Å²) in [6.45, 7) is 4.35. The third-order valence-corrected chi connectivity index (χ3v) is 4.51. The maximum Gasteiger partial charge on any atom is 0.303 e. The van der Waals surface area contributed by atoms with Gasteiger partial charge in [-0.15, -0.1) is 0 Å². The van der Waals surface area contributed by atoms with E-state index in [1.165, 1.54) is 0 Å². The molecule has 2 aromatic carbocycles. The van der Waals surface area contributed by atoms with Crippen molar-refractivity contribution in [1.82, 2.24) is 0 Å². The molecule has 0 unspecified atom stereocenters. The van der Waals surface area contributed by atoms with Crippen molar-refractivity contribution in [3.05, 3.63) is 48.0 Å². The fourth-order valence-electron chi connectivity index (χ4n) is 2.82. The number of hydrogen-bond donors (Lipinski definition) is 1. The molecule has 162 valence electrons. The molecule has 0 atom stereocenters. The number of carbonyl (C=O) groups is 2. The van der Waals surface area contributed by atoms with Crippen LogP contribution in [0.15, 0.2) is 42.5 Å². The normalized spacial score (nSPS) is 10.6. The molecule has 0 aromatic heterocycles. The van der Waals surface area contributed by atoms with Gasteiger partial charge in [0.2, 0.25) is 0 Å². The Morgan fingerprint density at radius 3 is 2.37 bits per heavy atom. The molecule has 0 bridgehead atoms. The van der Waals surface area contributed by atoms with E-state index < -0.39 is 5.97 Å². The molecule has 0 aliphatic rings. The van der Waals surface area contributed by atoms with Crippen LogP contribution in [0.4, 0.5) is 0 Å². The number of rotatable bonds is 15. The van der Waals surface area contributed by atoms with E-state index in [1.807, 2.05) is 30.3 Å². The van der Waals surface area contributed by atoms with Gasteiger partial charge in [0.1, 0.15) is 18.1 Å². The number of aldehydes is 1. The number of benzene rings is 2. The van der Waals surface area contributed by atoms with E-state index in [2.05, 4.69) is 6.92 Å². The maximum atomic E-state index is 11.5. The molecule has 0 aliphatic heterocycles. The molecule has 0 amide bonds. The molecule has 0 saturated heterocycles. The first kappa shape index (κ1) is 23.4. The van der Waals surface area contributed by atoms with Crippen LogP contribution >= 0.6 is 0 Å². The Labute approximate surface area is 177 Å². The predicted molar refractivity (Wildman–Crippen MR) is 115 cm³/mol. The highest BCUT2D eigenvalue weighted by atomic mass is 16.5. The number of ether oxygens (including phenoxy) is 3. The van der Waals surface area contributed by atoms with E-state index >= 15 is 0 Å². The molecule has 0 radical (unpaired) electrons. The van der Waals surface area contributed by atoms with Gasteiger partial charge in [-0.1, -0.05) is 31.5 Å². The molecule has 1 N–H and O–H groups in total. The van der Waals surface area contributed by atoms with Gasteiger partial charge in [-0.2, -0.15) is 0 Å². The van der Waals surface area contributed by atoms with Crippen molar-refractivity contribution >= 4 is 12.3 Å². The number of carboxylic acid groups (broad SMARTS) is 1. The van der Waals surface area contributed by atoms with Crippen LogP contribution in [0.2, 0.25) is 0 Å². The van der Waals surface area contributed by atoms with Gasteiger partial charge in [0, 0.05) is 13.0 Å². The summed E-state index contributed by atoms with van der Waals surface area (Å²) in [6.07, 6.45) is 4.24. The van der Waals surface area contributed by atoms with E-state index in [0.29, 0.717) is 44.0 Å². The van der Waals surface area contributed by atoms with Crippen molar-refractivity contribution in [3.63, 3.8) is 0 Å². The minimum atomic E-state index is -0.815. The number of carbonyl (C=O) groups excluding carboxylic acids is 1. The highest BCUT2D eigenvalue weighted by molar-refractivity contribution is 5.83. The van der Waals surface area contributed by atoms with Crippen molar-refractivity contribution in [1.29, 1.82) is 0 Å². The summed E-state index contributed by atoms with van der Waals surface area (Å²) >= 11 is 0. The first-order chi connectivity index (χ1) is 14.6. The maximum absolute atomic E-state index is 11.5. The molecule has 0 saturated carbocycles. The number of unbranched alkanes of at least 4 members (excludes halogenated alkanes) is 2. The second-order valence-corrected chi connectivity index (χ2v) is 6.91. The Kier molecular flexibility index (Phi) is 10.4. The van der Waals surface area contributed by atoms with E-state index in [-0.39, 0.29) is 6.42 Å². The molecule has 6 nitrogen and oxygen atoms in total. The Hall–Kier alpha value is -2.86. The second-order valence-electron chi connectivity index (χ2n) is 6.91. The number of hydrogen-bond acceptors (Lipinski definition) is 5. The quantitative estimate of drug-likeness (QED) is 0.326. The smallest absolute Gasteiger partial charge is 0.303 e. The van der Waals surface area contributed by atoms with Gasteiger partial charge in [0.05, 0.1) is 18.8 Å². The van der Waals surface area contributed by atoms with Gasteiger partial charge in [-0.05, 0) is 54.7 Å². The SMILES string of the molecule is CCCCOCCOc1ccc(-c2ccc(OCCCCC(=O)O)c(C=O)c2)cc1. The minimum Gasteiger partial charge on any atom is -0.493 e. The molecule has 2 rings (SSSR count). The van der Waals surface area contributed by atoms with E-state index in [4.69, 9.17) is 19.3 Å². The summed E-state index contributed by atoms with van der Waals surface area (Å²) in [7, 11) is 0. The average molecular weight is 414 g/mol. The van der Waals surface area contributed by atoms with Gasteiger partial charge in [-0.25, -0.2) is 0 Å². The zero-order chi connectivity index (χ0) is 21.6. The Morgan fingerprint density at radius 1 is 0.900 bits per heavy atom. The molecular weight excluding hydrogens is 384 g/mol. The van der Waals surface area contributed by atoms with Crippen LogP contribution in [-0.4, -0.2) is 43.8 Å². The van der Waals surface area contributed by atoms with Crippen LogP contribution in [-0.2, 0) is 9.53 Å². The molecule has 0 spiro atoms. The van der Waals surface area contributed by atoms with Crippen LogP contribution in [0.1, 0.15) is 49.4 Å². The van der Waals surface area contributed by atoms with Crippen LogP contribution in [0, 0.1) is 0 Å². The highest BCUT2D eigenvalue weighted by Crippen LogP contribution is 2.27. The third kappa shape index (κ3) is 8.25. The summed E-state index contributed by atoms with van der Waals surface area (Å²) in [4.78, 5) is 22.0. The zero-order valence-corrected chi connectivity index (χ0v) is 17.5. The van der Waals surface area contributed by atoms with E-state index in [0.717, 1.165) is 42.6 Å². The Balaban J connectivity index is 1.87.